The van der Waals surface area contributed by atoms with Gasteiger partial charge >= 0.3 is 0 Å². The molecular formula is C18H34O3. The molecule has 1 aliphatic rings. The van der Waals surface area contributed by atoms with Crippen LogP contribution in [0.2, 0.25) is 0 Å². The van der Waals surface area contributed by atoms with Crippen molar-refractivity contribution in [1.29, 1.82) is 0 Å². The van der Waals surface area contributed by atoms with E-state index in [4.69, 9.17) is 9.47 Å². The molecule has 3 nitrogen and oxygen atoms in total. The third-order valence-electron chi connectivity index (χ3n) is 3.95. The maximum absolute atomic E-state index is 9.29. The van der Waals surface area contributed by atoms with Crippen LogP contribution in [-0.2, 0) is 9.47 Å². The van der Waals surface area contributed by atoms with Crippen LogP contribution < -0.4 is 0 Å². The average Bonchev–Trinajstić information content (AvgIpc) is 2.75. The van der Waals surface area contributed by atoms with Crippen molar-refractivity contribution in [3.63, 3.8) is 0 Å². The molecule has 1 rings (SSSR count). The summed E-state index contributed by atoms with van der Waals surface area (Å²) in [5.74, 6) is -0.582. The number of allylic oxidation sites excluding steroid dienone is 1. The highest BCUT2D eigenvalue weighted by Crippen LogP contribution is 2.28. The van der Waals surface area contributed by atoms with E-state index in [1.165, 1.54) is 51.4 Å². The van der Waals surface area contributed by atoms with Crippen molar-refractivity contribution in [3.05, 3.63) is 12.2 Å². The molecule has 0 saturated carbocycles. The Morgan fingerprint density at radius 2 is 1.57 bits per heavy atom. The van der Waals surface area contributed by atoms with Gasteiger partial charge in [-0.3, -0.25) is 0 Å². The minimum absolute atomic E-state index is 0.0101. The van der Waals surface area contributed by atoms with Crippen molar-refractivity contribution in [1.82, 2.24) is 0 Å². The van der Waals surface area contributed by atoms with Crippen molar-refractivity contribution in [3.8, 4) is 0 Å². The highest BCUT2D eigenvalue weighted by atomic mass is 16.8. The molecule has 124 valence electrons. The van der Waals surface area contributed by atoms with Gasteiger partial charge in [-0.2, -0.15) is 0 Å². The highest BCUT2D eigenvalue weighted by Gasteiger charge is 2.39. The predicted molar refractivity (Wildman–Crippen MR) is 87.3 cm³/mol. The van der Waals surface area contributed by atoms with Crippen LogP contribution in [0.5, 0.6) is 0 Å². The Morgan fingerprint density at radius 1 is 0.952 bits per heavy atom. The summed E-state index contributed by atoms with van der Waals surface area (Å²) in [4.78, 5) is 0. The summed E-state index contributed by atoms with van der Waals surface area (Å²) >= 11 is 0. The van der Waals surface area contributed by atoms with E-state index in [0.717, 1.165) is 6.42 Å². The average molecular weight is 298 g/mol. The summed E-state index contributed by atoms with van der Waals surface area (Å²) in [6.07, 6.45) is 15.8. The Morgan fingerprint density at radius 3 is 2.19 bits per heavy atom. The van der Waals surface area contributed by atoms with Gasteiger partial charge in [0.15, 0.2) is 5.79 Å². The van der Waals surface area contributed by atoms with Crippen molar-refractivity contribution in [2.24, 2.45) is 0 Å². The number of unbranched alkanes of at least 4 members (excludes halogenated alkanes) is 8. The number of rotatable bonds is 11. The summed E-state index contributed by atoms with van der Waals surface area (Å²) in [6.45, 7) is 6.05. The van der Waals surface area contributed by atoms with E-state index >= 15 is 0 Å². The summed E-state index contributed by atoms with van der Waals surface area (Å²) in [5.41, 5.74) is 0. The second kappa shape index (κ2) is 10.4. The van der Waals surface area contributed by atoms with Gasteiger partial charge < -0.3 is 14.6 Å². The molecule has 0 radical (unpaired) electrons. The predicted octanol–water partition coefficient (Wildman–Crippen LogP) is 4.59. The van der Waals surface area contributed by atoms with Gasteiger partial charge in [0.25, 0.3) is 0 Å². The van der Waals surface area contributed by atoms with E-state index in [9.17, 15) is 5.11 Å². The van der Waals surface area contributed by atoms with E-state index < -0.39 is 5.79 Å². The smallest absolute Gasteiger partial charge is 0.164 e. The van der Waals surface area contributed by atoms with Crippen LogP contribution in [0.25, 0.3) is 0 Å². The topological polar surface area (TPSA) is 38.7 Å². The lowest BCUT2D eigenvalue weighted by Gasteiger charge is -2.15. The zero-order valence-electron chi connectivity index (χ0n) is 14.1. The third-order valence-corrected chi connectivity index (χ3v) is 3.95. The van der Waals surface area contributed by atoms with E-state index in [-0.39, 0.29) is 18.8 Å². The first kappa shape index (κ1) is 18.7. The van der Waals surface area contributed by atoms with Crippen molar-refractivity contribution < 1.29 is 14.6 Å². The molecule has 3 heteroatoms. The van der Waals surface area contributed by atoms with Crippen molar-refractivity contribution in [2.75, 3.05) is 6.61 Å². The second-order valence-electron chi connectivity index (χ2n) is 6.51. The lowest BCUT2D eigenvalue weighted by atomic mass is 10.1. The molecule has 0 bridgehead atoms. The lowest BCUT2D eigenvalue weighted by Crippen LogP contribution is -2.24. The van der Waals surface area contributed by atoms with Crippen LogP contribution in [-0.4, -0.2) is 29.7 Å². The molecule has 2 atom stereocenters. The number of aliphatic hydroxyl groups excluding tert-OH is 1. The SMILES string of the molecule is CCCCCCCCCC/C=C/[C@@H]1OC(C)(C)O[C@@H]1CO. The van der Waals surface area contributed by atoms with Gasteiger partial charge in [-0.15, -0.1) is 0 Å². The molecule has 0 unspecified atom stereocenters. The Bertz CT molecular complexity index is 286. The zero-order valence-corrected chi connectivity index (χ0v) is 14.1. The van der Waals surface area contributed by atoms with E-state index in [1.54, 1.807) is 0 Å². The molecule has 1 saturated heterocycles. The summed E-state index contributed by atoms with van der Waals surface area (Å²) in [6, 6.07) is 0. The molecular weight excluding hydrogens is 264 g/mol. The maximum atomic E-state index is 9.29. The fourth-order valence-electron chi connectivity index (χ4n) is 2.79. The molecule has 1 heterocycles. The summed E-state index contributed by atoms with van der Waals surface area (Å²) in [5, 5.41) is 9.29. The standard InChI is InChI=1S/C18H34O3/c1-4-5-6-7-8-9-10-11-12-13-14-16-17(15-19)21-18(2,3)20-16/h13-14,16-17,19H,4-12,15H2,1-3H3/b14-13+/t16-,17+/m0/s1. The normalized spacial score (nSPS) is 25.0. The summed E-state index contributed by atoms with van der Waals surface area (Å²) in [7, 11) is 0. The van der Waals surface area contributed by atoms with Crippen LogP contribution >= 0.6 is 0 Å². The van der Waals surface area contributed by atoms with Gasteiger partial charge in [0.05, 0.1) is 6.61 Å². The Kier molecular flexibility index (Phi) is 9.21. The number of hydrogen-bond acceptors (Lipinski definition) is 3. The highest BCUT2D eigenvalue weighted by molar-refractivity contribution is 4.97. The minimum Gasteiger partial charge on any atom is -0.394 e. The van der Waals surface area contributed by atoms with E-state index in [1.807, 2.05) is 13.8 Å². The number of aliphatic hydroxyl groups is 1. The van der Waals surface area contributed by atoms with E-state index in [2.05, 4.69) is 19.1 Å². The second-order valence-corrected chi connectivity index (χ2v) is 6.51. The van der Waals surface area contributed by atoms with Gasteiger partial charge in [-0.25, -0.2) is 0 Å². The van der Waals surface area contributed by atoms with Gasteiger partial charge in [-0.1, -0.05) is 64.0 Å². The molecule has 0 aliphatic carbocycles. The molecule has 21 heavy (non-hydrogen) atoms. The van der Waals surface area contributed by atoms with Crippen LogP contribution in [0, 0.1) is 0 Å². The number of hydrogen-bond donors (Lipinski definition) is 1. The van der Waals surface area contributed by atoms with Gasteiger partial charge in [-0.05, 0) is 26.7 Å². The third kappa shape index (κ3) is 7.98. The first-order valence-electron chi connectivity index (χ1n) is 8.72. The van der Waals surface area contributed by atoms with Crippen molar-refractivity contribution >= 4 is 0 Å². The van der Waals surface area contributed by atoms with Crippen LogP contribution in [0.3, 0.4) is 0 Å². The zero-order chi connectivity index (χ0) is 15.6. The van der Waals surface area contributed by atoms with Crippen LogP contribution in [0.1, 0.15) is 78.6 Å². The number of ether oxygens (including phenoxy) is 2. The Hall–Kier alpha value is -0.380. The van der Waals surface area contributed by atoms with Gasteiger partial charge in [0, 0.05) is 0 Å². The van der Waals surface area contributed by atoms with Crippen LogP contribution in [0.15, 0.2) is 12.2 Å². The monoisotopic (exact) mass is 298 g/mol. The van der Waals surface area contributed by atoms with Crippen LogP contribution in [0.4, 0.5) is 0 Å². The van der Waals surface area contributed by atoms with Gasteiger partial charge in [0.1, 0.15) is 12.2 Å². The first-order chi connectivity index (χ1) is 10.1. The van der Waals surface area contributed by atoms with E-state index in [0.29, 0.717) is 0 Å². The molecule has 1 fully saturated rings. The first-order valence-corrected chi connectivity index (χ1v) is 8.72. The molecule has 0 aromatic heterocycles. The molecule has 0 aromatic rings. The molecule has 0 spiro atoms. The van der Waals surface area contributed by atoms with Crippen molar-refractivity contribution in [2.45, 2.75) is 96.6 Å². The Labute approximate surface area is 130 Å². The largest absolute Gasteiger partial charge is 0.394 e. The summed E-state index contributed by atoms with van der Waals surface area (Å²) < 4.78 is 11.4. The molecule has 1 N–H and O–H groups in total. The Balaban J connectivity index is 2.04. The molecule has 0 amide bonds. The van der Waals surface area contributed by atoms with Gasteiger partial charge in [0.2, 0.25) is 0 Å². The maximum Gasteiger partial charge on any atom is 0.164 e. The fourth-order valence-corrected chi connectivity index (χ4v) is 2.79. The minimum atomic E-state index is -0.582. The quantitative estimate of drug-likeness (QED) is 0.448. The molecule has 0 aromatic carbocycles. The molecule has 1 aliphatic heterocycles. The lowest BCUT2D eigenvalue weighted by molar-refractivity contribution is -0.146. The fraction of sp³-hybridized carbons (Fsp3) is 0.889.